The molecule has 1 saturated heterocycles. The molecule has 2 aromatic rings. The summed E-state index contributed by atoms with van der Waals surface area (Å²) < 4.78 is 5.41. The van der Waals surface area contributed by atoms with Crippen LogP contribution >= 0.6 is 0 Å². The van der Waals surface area contributed by atoms with Gasteiger partial charge in [-0.2, -0.15) is 0 Å². The van der Waals surface area contributed by atoms with Crippen LogP contribution in [0.2, 0.25) is 0 Å². The molecule has 0 saturated carbocycles. The highest BCUT2D eigenvalue weighted by Crippen LogP contribution is 2.22. The van der Waals surface area contributed by atoms with Gasteiger partial charge in [0.25, 0.3) is 0 Å². The van der Waals surface area contributed by atoms with Crippen molar-refractivity contribution in [2.45, 2.75) is 18.9 Å². The Hall–Kier alpha value is -2.40. The van der Waals surface area contributed by atoms with Crippen LogP contribution in [-0.4, -0.2) is 31.1 Å². The fourth-order valence-electron chi connectivity index (χ4n) is 2.61. The zero-order valence-electron chi connectivity index (χ0n) is 12.2. The third-order valence-corrected chi connectivity index (χ3v) is 3.76. The van der Waals surface area contributed by atoms with Crippen LogP contribution in [-0.2, 0) is 14.3 Å². The fraction of sp³-hybridized carbons (Fsp3) is 0.294. The van der Waals surface area contributed by atoms with Crippen molar-refractivity contribution >= 4 is 28.3 Å². The second kappa shape index (κ2) is 6.58. The number of carbonyl (C=O) groups is 2. The molecular formula is C17H18N2O3. The molecule has 1 aliphatic heterocycles. The summed E-state index contributed by atoms with van der Waals surface area (Å²) >= 11 is 0. The number of benzene rings is 2. The number of carbonyl (C=O) groups excluding carboxylic acids is 2. The first kappa shape index (κ1) is 14.5. The van der Waals surface area contributed by atoms with Gasteiger partial charge in [0.2, 0.25) is 0 Å². The first-order valence-corrected chi connectivity index (χ1v) is 7.42. The molecule has 5 nitrogen and oxygen atoms in total. The minimum absolute atomic E-state index is 0.0225. The Labute approximate surface area is 128 Å². The van der Waals surface area contributed by atoms with Crippen molar-refractivity contribution in [1.29, 1.82) is 0 Å². The van der Waals surface area contributed by atoms with Gasteiger partial charge in [-0.15, -0.1) is 0 Å². The number of fused-ring (bicyclic) bond motifs is 1. The van der Waals surface area contributed by atoms with Gasteiger partial charge in [-0.05, 0) is 24.3 Å². The Morgan fingerprint density at radius 1 is 1.09 bits per heavy atom. The van der Waals surface area contributed by atoms with Gasteiger partial charge in [0.05, 0.1) is 6.10 Å². The van der Waals surface area contributed by atoms with Crippen LogP contribution in [0.4, 0.5) is 5.69 Å². The molecule has 5 heteroatoms. The number of anilines is 1. The van der Waals surface area contributed by atoms with E-state index in [1.165, 1.54) is 0 Å². The van der Waals surface area contributed by atoms with Crippen molar-refractivity contribution in [1.82, 2.24) is 5.32 Å². The molecule has 3 rings (SSSR count). The maximum Gasteiger partial charge on any atom is 0.313 e. The summed E-state index contributed by atoms with van der Waals surface area (Å²) in [6.07, 6.45) is 1.95. The van der Waals surface area contributed by atoms with Crippen LogP contribution in [0.15, 0.2) is 42.5 Å². The molecule has 1 atom stereocenters. The van der Waals surface area contributed by atoms with Crippen LogP contribution in [0.3, 0.4) is 0 Å². The van der Waals surface area contributed by atoms with E-state index in [0.29, 0.717) is 12.2 Å². The Balaban J connectivity index is 1.63. The normalized spacial score (nSPS) is 17.4. The van der Waals surface area contributed by atoms with Crippen LogP contribution in [0.5, 0.6) is 0 Å². The molecule has 0 aliphatic carbocycles. The maximum absolute atomic E-state index is 12.0. The molecule has 0 radical (unpaired) electrons. The van der Waals surface area contributed by atoms with E-state index < -0.39 is 11.8 Å². The maximum atomic E-state index is 12.0. The average Bonchev–Trinajstić information content (AvgIpc) is 3.06. The lowest BCUT2D eigenvalue weighted by Crippen LogP contribution is -2.39. The molecule has 1 heterocycles. The third kappa shape index (κ3) is 3.26. The lowest BCUT2D eigenvalue weighted by atomic mass is 10.1. The highest BCUT2D eigenvalue weighted by atomic mass is 16.5. The lowest BCUT2D eigenvalue weighted by molar-refractivity contribution is -0.136. The third-order valence-electron chi connectivity index (χ3n) is 3.76. The summed E-state index contributed by atoms with van der Waals surface area (Å²) in [6, 6.07) is 13.3. The lowest BCUT2D eigenvalue weighted by Gasteiger charge is -2.11. The van der Waals surface area contributed by atoms with E-state index in [2.05, 4.69) is 10.6 Å². The van der Waals surface area contributed by atoms with E-state index in [9.17, 15) is 9.59 Å². The summed E-state index contributed by atoms with van der Waals surface area (Å²) in [5.74, 6) is -1.29. The molecular weight excluding hydrogens is 280 g/mol. The molecule has 0 spiro atoms. The van der Waals surface area contributed by atoms with Crippen molar-refractivity contribution in [3.8, 4) is 0 Å². The van der Waals surface area contributed by atoms with E-state index in [-0.39, 0.29) is 6.10 Å². The Morgan fingerprint density at radius 3 is 2.73 bits per heavy atom. The predicted molar refractivity (Wildman–Crippen MR) is 84.6 cm³/mol. The second-order valence-electron chi connectivity index (χ2n) is 5.33. The monoisotopic (exact) mass is 298 g/mol. The SMILES string of the molecule is O=C(NC[C@H]1CCCO1)C(=O)Nc1cccc2ccccc12. The first-order chi connectivity index (χ1) is 10.7. The summed E-state index contributed by atoms with van der Waals surface area (Å²) in [4.78, 5) is 23.9. The number of rotatable bonds is 3. The molecule has 22 heavy (non-hydrogen) atoms. The van der Waals surface area contributed by atoms with Crippen LogP contribution < -0.4 is 10.6 Å². The van der Waals surface area contributed by atoms with Crippen molar-refractivity contribution < 1.29 is 14.3 Å². The van der Waals surface area contributed by atoms with Gasteiger partial charge in [0, 0.05) is 24.2 Å². The van der Waals surface area contributed by atoms with E-state index in [4.69, 9.17) is 4.74 Å². The number of hydrogen-bond donors (Lipinski definition) is 2. The summed E-state index contributed by atoms with van der Waals surface area (Å²) in [5.41, 5.74) is 0.635. The van der Waals surface area contributed by atoms with Crippen LogP contribution in [0.25, 0.3) is 10.8 Å². The molecule has 0 unspecified atom stereocenters. The molecule has 0 aromatic heterocycles. The van der Waals surface area contributed by atoms with Crippen molar-refractivity contribution in [3.63, 3.8) is 0 Å². The van der Waals surface area contributed by atoms with Gasteiger partial charge in [-0.3, -0.25) is 9.59 Å². The molecule has 0 bridgehead atoms. The molecule has 2 aromatic carbocycles. The van der Waals surface area contributed by atoms with E-state index in [0.717, 1.165) is 30.2 Å². The van der Waals surface area contributed by atoms with Crippen LogP contribution in [0.1, 0.15) is 12.8 Å². The number of amides is 2. The quantitative estimate of drug-likeness (QED) is 0.853. The van der Waals surface area contributed by atoms with Gasteiger partial charge < -0.3 is 15.4 Å². The smallest absolute Gasteiger partial charge is 0.313 e. The number of nitrogens with one attached hydrogen (secondary N) is 2. The molecule has 2 amide bonds. The van der Waals surface area contributed by atoms with E-state index in [1.54, 1.807) is 6.07 Å². The largest absolute Gasteiger partial charge is 0.376 e. The average molecular weight is 298 g/mol. The summed E-state index contributed by atoms with van der Waals surface area (Å²) in [5, 5.41) is 7.21. The minimum atomic E-state index is -0.658. The predicted octanol–water partition coefficient (Wildman–Crippen LogP) is 2.07. The fourth-order valence-corrected chi connectivity index (χ4v) is 2.61. The second-order valence-corrected chi connectivity index (χ2v) is 5.33. The summed E-state index contributed by atoms with van der Waals surface area (Å²) in [6.45, 7) is 1.10. The first-order valence-electron chi connectivity index (χ1n) is 7.42. The number of ether oxygens (including phenoxy) is 1. The van der Waals surface area contributed by atoms with Gasteiger partial charge >= 0.3 is 11.8 Å². The Kier molecular flexibility index (Phi) is 4.34. The van der Waals surface area contributed by atoms with Gasteiger partial charge in [0.15, 0.2) is 0 Å². The number of hydrogen-bond acceptors (Lipinski definition) is 3. The van der Waals surface area contributed by atoms with Gasteiger partial charge in [-0.1, -0.05) is 36.4 Å². The zero-order valence-corrected chi connectivity index (χ0v) is 12.2. The summed E-state index contributed by atoms with van der Waals surface area (Å²) in [7, 11) is 0. The molecule has 2 N–H and O–H groups in total. The van der Waals surface area contributed by atoms with E-state index in [1.807, 2.05) is 36.4 Å². The standard InChI is InChI=1S/C17H18N2O3/c20-16(18-11-13-7-4-10-22-13)17(21)19-15-9-3-6-12-5-1-2-8-14(12)15/h1-3,5-6,8-9,13H,4,7,10-11H2,(H,18,20)(H,19,21)/t13-/m1/s1. The highest BCUT2D eigenvalue weighted by Gasteiger charge is 2.19. The molecule has 114 valence electrons. The Bertz CT molecular complexity index is 688. The highest BCUT2D eigenvalue weighted by molar-refractivity contribution is 6.40. The van der Waals surface area contributed by atoms with Gasteiger partial charge in [0.1, 0.15) is 0 Å². The molecule has 1 aliphatic rings. The van der Waals surface area contributed by atoms with E-state index >= 15 is 0 Å². The van der Waals surface area contributed by atoms with Crippen molar-refractivity contribution in [2.24, 2.45) is 0 Å². The van der Waals surface area contributed by atoms with Crippen molar-refractivity contribution in [3.05, 3.63) is 42.5 Å². The van der Waals surface area contributed by atoms with Crippen molar-refractivity contribution in [2.75, 3.05) is 18.5 Å². The zero-order chi connectivity index (χ0) is 15.4. The molecule has 1 fully saturated rings. The Morgan fingerprint density at radius 2 is 1.91 bits per heavy atom. The topological polar surface area (TPSA) is 67.4 Å². The van der Waals surface area contributed by atoms with Gasteiger partial charge in [-0.25, -0.2) is 0 Å². The minimum Gasteiger partial charge on any atom is -0.376 e. The van der Waals surface area contributed by atoms with Crippen LogP contribution in [0, 0.1) is 0 Å².